The number of anilines is 1. The van der Waals surface area contributed by atoms with Gasteiger partial charge in [-0.05, 0) is 23.8 Å². The number of halogens is 1. The zero-order valence-electron chi connectivity index (χ0n) is 12.9. The minimum absolute atomic E-state index is 0.193. The lowest BCUT2D eigenvalue weighted by atomic mass is 10.1. The van der Waals surface area contributed by atoms with E-state index >= 15 is 0 Å². The molecule has 3 rings (SSSR count). The van der Waals surface area contributed by atoms with Crippen molar-refractivity contribution in [2.45, 2.75) is 6.54 Å². The van der Waals surface area contributed by atoms with Crippen LogP contribution in [0.2, 0.25) is 5.15 Å². The normalized spacial score (nSPS) is 12.5. The molecule has 2 heterocycles. The van der Waals surface area contributed by atoms with Crippen LogP contribution in [0.5, 0.6) is 0 Å². The fraction of sp³-hybridized carbons (Fsp3) is 0.200. The molecule has 6 nitrogen and oxygen atoms in total. The van der Waals surface area contributed by atoms with Gasteiger partial charge in [0.2, 0.25) is 0 Å². The van der Waals surface area contributed by atoms with Gasteiger partial charge in [-0.3, -0.25) is 4.21 Å². The zero-order chi connectivity index (χ0) is 17.3. The maximum atomic E-state index is 10.6. The van der Waals surface area contributed by atoms with E-state index in [1.165, 1.54) is 11.3 Å². The number of aromatic nitrogens is 2. The smallest absolute Gasteiger partial charge is 0.152 e. The molecule has 1 aromatic carbocycles. The lowest BCUT2D eigenvalue weighted by Gasteiger charge is -2.14. The summed E-state index contributed by atoms with van der Waals surface area (Å²) in [6.07, 6.45) is 1.74. The molecule has 9 heteroatoms. The zero-order valence-corrected chi connectivity index (χ0v) is 15.3. The van der Waals surface area contributed by atoms with E-state index in [2.05, 4.69) is 14.7 Å². The summed E-state index contributed by atoms with van der Waals surface area (Å²) in [4.78, 5) is 10.6. The van der Waals surface area contributed by atoms with Gasteiger partial charge in [-0.25, -0.2) is 14.7 Å². The average Bonchev–Trinajstić information content (AvgIpc) is 2.95. The Labute approximate surface area is 150 Å². The molecule has 1 atom stereocenters. The summed E-state index contributed by atoms with van der Waals surface area (Å²) >= 11 is 5.29. The first-order chi connectivity index (χ1) is 11.4. The minimum atomic E-state index is -2.29. The van der Waals surface area contributed by atoms with E-state index in [9.17, 15) is 8.76 Å². The van der Waals surface area contributed by atoms with Gasteiger partial charge in [-0.1, -0.05) is 17.7 Å². The molecule has 126 valence electrons. The Morgan fingerprint density at radius 3 is 2.83 bits per heavy atom. The Morgan fingerprint density at radius 1 is 1.33 bits per heavy atom. The summed E-state index contributed by atoms with van der Waals surface area (Å²) in [7, 11) is 3.83. The van der Waals surface area contributed by atoms with Crippen LogP contribution in [0, 0.1) is 0 Å². The van der Waals surface area contributed by atoms with E-state index in [0.29, 0.717) is 5.15 Å². The Kier molecular flexibility index (Phi) is 5.12. The molecule has 0 saturated heterocycles. The van der Waals surface area contributed by atoms with Crippen molar-refractivity contribution in [2.24, 2.45) is 0 Å². The number of thiazole rings is 1. The first-order valence-corrected chi connectivity index (χ1v) is 9.26. The van der Waals surface area contributed by atoms with Crippen LogP contribution in [-0.4, -0.2) is 32.8 Å². The second-order valence-corrected chi connectivity index (χ2v) is 7.51. The monoisotopic (exact) mass is 381 g/mol. The van der Waals surface area contributed by atoms with E-state index in [1.807, 2.05) is 43.3 Å². The molecule has 0 saturated carbocycles. The van der Waals surface area contributed by atoms with Gasteiger partial charge in [0.25, 0.3) is 0 Å². The van der Waals surface area contributed by atoms with Gasteiger partial charge in [0.1, 0.15) is 5.01 Å². The van der Waals surface area contributed by atoms with Gasteiger partial charge >= 0.3 is 0 Å². The molecule has 0 fully saturated rings. The molecule has 0 aliphatic carbocycles. The van der Waals surface area contributed by atoms with E-state index in [1.54, 1.807) is 6.20 Å². The van der Waals surface area contributed by atoms with Crippen molar-refractivity contribution in [2.75, 3.05) is 19.0 Å². The minimum Gasteiger partial charge on any atom is -0.760 e. The molecule has 0 amide bonds. The van der Waals surface area contributed by atoms with E-state index in [4.69, 9.17) is 11.6 Å². The molecular formula is C15H14ClN4O2S2-. The second kappa shape index (κ2) is 7.12. The maximum absolute atomic E-state index is 10.6. The number of benzene rings is 1. The molecule has 1 unspecified atom stereocenters. The number of hydrogen-bond acceptors (Lipinski definition) is 6. The summed E-state index contributed by atoms with van der Waals surface area (Å²) in [5.41, 5.74) is 3.65. The first-order valence-electron chi connectivity index (χ1n) is 6.99. The lowest BCUT2D eigenvalue weighted by Crippen LogP contribution is -2.15. The molecule has 0 spiro atoms. The molecule has 1 N–H and O–H groups in total. The van der Waals surface area contributed by atoms with Crippen LogP contribution in [0.15, 0.2) is 30.5 Å². The van der Waals surface area contributed by atoms with Gasteiger partial charge in [-0.2, -0.15) is 0 Å². The number of rotatable bonds is 5. The highest BCUT2D eigenvalue weighted by atomic mass is 35.5. The predicted molar refractivity (Wildman–Crippen MR) is 97.9 cm³/mol. The number of nitrogens with one attached hydrogen (secondary N) is 1. The Bertz CT molecular complexity index is 914. The van der Waals surface area contributed by atoms with E-state index in [0.717, 1.165) is 32.0 Å². The third kappa shape index (κ3) is 3.73. The van der Waals surface area contributed by atoms with Crippen molar-refractivity contribution < 1.29 is 8.76 Å². The van der Waals surface area contributed by atoms with Gasteiger partial charge in [0, 0.05) is 37.1 Å². The third-order valence-electron chi connectivity index (χ3n) is 3.41. The number of fused-ring (bicyclic) bond motifs is 1. The fourth-order valence-electron chi connectivity index (χ4n) is 2.26. The highest BCUT2D eigenvalue weighted by Crippen LogP contribution is 2.31. The molecule has 0 radical (unpaired) electrons. The lowest BCUT2D eigenvalue weighted by molar-refractivity contribution is 0.522. The first kappa shape index (κ1) is 17.2. The fourth-order valence-corrected chi connectivity index (χ4v) is 3.82. The SMILES string of the molecule is CN(C)c1cc(-c2ccc3nc(CNS(=O)[O-])sc3c2)cnc1Cl. The summed E-state index contributed by atoms with van der Waals surface area (Å²) in [6.45, 7) is 0.193. The topological polar surface area (TPSA) is 81.2 Å². The van der Waals surface area contributed by atoms with Crippen molar-refractivity contribution in [1.29, 1.82) is 0 Å². The Morgan fingerprint density at radius 2 is 2.12 bits per heavy atom. The van der Waals surface area contributed by atoms with Crippen molar-refractivity contribution in [1.82, 2.24) is 14.7 Å². The van der Waals surface area contributed by atoms with Crippen molar-refractivity contribution in [3.8, 4) is 11.1 Å². The molecule has 2 aromatic heterocycles. The number of nitrogens with zero attached hydrogens (tertiary/aromatic N) is 3. The second-order valence-electron chi connectivity index (χ2n) is 5.27. The Hall–Kier alpha value is -1.58. The van der Waals surface area contributed by atoms with E-state index < -0.39 is 11.3 Å². The molecule has 0 bridgehead atoms. The quantitative estimate of drug-likeness (QED) is 0.542. The van der Waals surface area contributed by atoms with Crippen LogP contribution in [0.25, 0.3) is 21.3 Å². The standard InChI is InChI=1S/C15H15ClN4O2S2/c1-20(2)12-5-10(7-17-15(12)16)9-3-4-11-13(6-9)23-14(19-11)8-18-24(21)22/h3-7,18H,8H2,1-2H3,(H,21,22)/p-1. The predicted octanol–water partition coefficient (Wildman–Crippen LogP) is 2.96. The van der Waals surface area contributed by atoms with Crippen LogP contribution in [-0.2, 0) is 17.8 Å². The average molecular weight is 382 g/mol. The number of pyridine rings is 1. The molecule has 24 heavy (non-hydrogen) atoms. The molecular weight excluding hydrogens is 368 g/mol. The molecule has 0 aliphatic rings. The van der Waals surface area contributed by atoms with Crippen molar-refractivity contribution in [3.63, 3.8) is 0 Å². The van der Waals surface area contributed by atoms with Crippen LogP contribution in [0.1, 0.15) is 5.01 Å². The largest absolute Gasteiger partial charge is 0.760 e. The summed E-state index contributed by atoms with van der Waals surface area (Å²) in [6, 6.07) is 7.90. The highest BCUT2D eigenvalue weighted by Gasteiger charge is 2.09. The number of hydrogen-bond donors (Lipinski definition) is 1. The van der Waals surface area contributed by atoms with Crippen molar-refractivity contribution in [3.05, 3.63) is 40.6 Å². The highest BCUT2D eigenvalue weighted by molar-refractivity contribution is 7.77. The van der Waals surface area contributed by atoms with Gasteiger partial charge < -0.3 is 9.45 Å². The maximum Gasteiger partial charge on any atom is 0.152 e. The third-order valence-corrected chi connectivity index (χ3v) is 5.10. The van der Waals surface area contributed by atoms with Crippen LogP contribution in [0.4, 0.5) is 5.69 Å². The van der Waals surface area contributed by atoms with Gasteiger partial charge in [-0.15, -0.1) is 11.3 Å². The van der Waals surface area contributed by atoms with Gasteiger partial charge in [0.15, 0.2) is 5.15 Å². The summed E-state index contributed by atoms with van der Waals surface area (Å²) in [5.74, 6) is 0. The summed E-state index contributed by atoms with van der Waals surface area (Å²) in [5, 5.41) is 1.18. The van der Waals surface area contributed by atoms with Crippen LogP contribution >= 0.6 is 22.9 Å². The molecule has 0 aliphatic heterocycles. The Balaban J connectivity index is 1.96. The van der Waals surface area contributed by atoms with Crippen LogP contribution in [0.3, 0.4) is 0 Å². The molecule has 3 aromatic rings. The van der Waals surface area contributed by atoms with Crippen LogP contribution < -0.4 is 9.62 Å². The van der Waals surface area contributed by atoms with E-state index in [-0.39, 0.29) is 6.54 Å². The van der Waals surface area contributed by atoms with Crippen molar-refractivity contribution >= 4 is 50.1 Å². The summed E-state index contributed by atoms with van der Waals surface area (Å²) < 4.78 is 24.5. The van der Waals surface area contributed by atoms with Gasteiger partial charge in [0.05, 0.1) is 22.4 Å².